The van der Waals surface area contributed by atoms with E-state index in [2.05, 4.69) is 67.3 Å². The second-order valence-corrected chi connectivity index (χ2v) is 8.60. The number of rotatable bonds is 9. The van der Waals surface area contributed by atoms with Crippen LogP contribution in [0.25, 0.3) is 11.0 Å². The Morgan fingerprint density at radius 3 is 2.78 bits per heavy atom. The first-order valence-electron chi connectivity index (χ1n) is 11.6. The molecule has 0 aliphatic carbocycles. The molecule has 32 heavy (non-hydrogen) atoms. The SMILES string of the molecule is CCOCCn1nc(CC)c2nc(N(C)C3CCN(C)C3)nc(Nc3cccc(C)c3)c21. The van der Waals surface area contributed by atoms with Crippen LogP contribution in [0.15, 0.2) is 24.3 Å². The average molecular weight is 438 g/mol. The number of aromatic nitrogens is 4. The Bertz CT molecular complexity index is 1060. The fraction of sp³-hybridized carbons (Fsp3) is 0.542. The van der Waals surface area contributed by atoms with E-state index in [0.29, 0.717) is 25.8 Å². The van der Waals surface area contributed by atoms with Crippen molar-refractivity contribution < 1.29 is 4.74 Å². The van der Waals surface area contributed by atoms with Crippen molar-refractivity contribution >= 4 is 28.5 Å². The summed E-state index contributed by atoms with van der Waals surface area (Å²) in [7, 11) is 4.27. The topological polar surface area (TPSA) is 71.3 Å². The highest BCUT2D eigenvalue weighted by atomic mass is 16.5. The highest BCUT2D eigenvalue weighted by Gasteiger charge is 2.27. The van der Waals surface area contributed by atoms with Crippen LogP contribution in [0.3, 0.4) is 0 Å². The third-order valence-corrected chi connectivity index (χ3v) is 6.14. The van der Waals surface area contributed by atoms with Crippen LogP contribution in [0.2, 0.25) is 0 Å². The molecule has 1 aliphatic heterocycles. The van der Waals surface area contributed by atoms with E-state index in [4.69, 9.17) is 19.8 Å². The summed E-state index contributed by atoms with van der Waals surface area (Å²) >= 11 is 0. The van der Waals surface area contributed by atoms with Gasteiger partial charge in [0.05, 0.1) is 18.8 Å². The Kier molecular flexibility index (Phi) is 6.91. The van der Waals surface area contributed by atoms with Crippen molar-refractivity contribution in [3.05, 3.63) is 35.5 Å². The van der Waals surface area contributed by atoms with E-state index in [1.165, 1.54) is 5.56 Å². The maximum absolute atomic E-state index is 5.61. The molecule has 172 valence electrons. The molecular formula is C24H35N7O. The lowest BCUT2D eigenvalue weighted by Gasteiger charge is -2.25. The summed E-state index contributed by atoms with van der Waals surface area (Å²) in [6.45, 7) is 10.3. The first-order chi connectivity index (χ1) is 15.5. The molecule has 1 aliphatic rings. The molecule has 3 aromatic rings. The normalized spacial score (nSPS) is 16.7. The first-order valence-corrected chi connectivity index (χ1v) is 11.6. The van der Waals surface area contributed by atoms with E-state index in [1.807, 2.05) is 11.6 Å². The van der Waals surface area contributed by atoms with E-state index >= 15 is 0 Å². The Morgan fingerprint density at radius 1 is 1.25 bits per heavy atom. The fourth-order valence-electron chi connectivity index (χ4n) is 4.32. The molecule has 1 atom stereocenters. The molecule has 0 saturated carbocycles. The number of ether oxygens (including phenoxy) is 1. The van der Waals surface area contributed by atoms with Crippen molar-refractivity contribution in [2.45, 2.75) is 46.2 Å². The molecule has 0 amide bonds. The van der Waals surface area contributed by atoms with E-state index < -0.39 is 0 Å². The fourth-order valence-corrected chi connectivity index (χ4v) is 4.32. The quantitative estimate of drug-likeness (QED) is 0.513. The lowest BCUT2D eigenvalue weighted by atomic mass is 10.2. The standard InChI is InChI=1S/C24H35N7O/c1-6-20-21-22(31(28-20)13-14-32-7-2)23(25-18-10-8-9-17(3)15-18)27-24(26-21)30(5)19-11-12-29(4)16-19/h8-10,15,19H,6-7,11-14,16H2,1-5H3,(H,25,26,27). The van der Waals surface area contributed by atoms with Gasteiger partial charge in [0.1, 0.15) is 11.0 Å². The van der Waals surface area contributed by atoms with Crippen molar-refractivity contribution in [3.8, 4) is 0 Å². The zero-order valence-electron chi connectivity index (χ0n) is 19.9. The minimum absolute atomic E-state index is 0.405. The first kappa shape index (κ1) is 22.5. The lowest BCUT2D eigenvalue weighted by molar-refractivity contribution is 0.137. The predicted octanol–water partition coefficient (Wildman–Crippen LogP) is 3.62. The number of nitrogens with zero attached hydrogens (tertiary/aromatic N) is 6. The molecule has 8 heteroatoms. The van der Waals surface area contributed by atoms with Crippen LogP contribution in [0.4, 0.5) is 17.5 Å². The Morgan fingerprint density at radius 2 is 2.09 bits per heavy atom. The van der Waals surface area contributed by atoms with Crippen molar-refractivity contribution in [2.75, 3.05) is 50.6 Å². The van der Waals surface area contributed by atoms with Crippen molar-refractivity contribution in [1.82, 2.24) is 24.6 Å². The third kappa shape index (κ3) is 4.71. The van der Waals surface area contributed by atoms with Gasteiger partial charge < -0.3 is 19.9 Å². The maximum Gasteiger partial charge on any atom is 0.228 e. The number of likely N-dealkylation sites (tertiary alicyclic amines) is 1. The van der Waals surface area contributed by atoms with E-state index in [9.17, 15) is 0 Å². The summed E-state index contributed by atoms with van der Waals surface area (Å²) in [5.41, 5.74) is 5.05. The number of nitrogens with one attached hydrogen (secondary N) is 1. The summed E-state index contributed by atoms with van der Waals surface area (Å²) in [6.07, 6.45) is 1.93. The van der Waals surface area contributed by atoms with Gasteiger partial charge >= 0.3 is 0 Å². The molecule has 1 aromatic carbocycles. The van der Waals surface area contributed by atoms with Crippen LogP contribution in [0.5, 0.6) is 0 Å². The highest BCUT2D eigenvalue weighted by Crippen LogP contribution is 2.30. The largest absolute Gasteiger partial charge is 0.380 e. The smallest absolute Gasteiger partial charge is 0.228 e. The van der Waals surface area contributed by atoms with Crippen LogP contribution in [-0.2, 0) is 17.7 Å². The third-order valence-electron chi connectivity index (χ3n) is 6.14. The van der Waals surface area contributed by atoms with Gasteiger partial charge in [0.25, 0.3) is 0 Å². The number of hydrogen-bond donors (Lipinski definition) is 1. The van der Waals surface area contributed by atoms with Gasteiger partial charge in [-0.2, -0.15) is 10.1 Å². The summed E-state index contributed by atoms with van der Waals surface area (Å²) in [5, 5.41) is 8.44. The number of anilines is 3. The molecule has 1 N–H and O–H groups in total. The van der Waals surface area contributed by atoms with Crippen LogP contribution in [-0.4, -0.2) is 71.1 Å². The molecule has 1 fully saturated rings. The molecule has 0 bridgehead atoms. The molecule has 1 saturated heterocycles. The molecule has 3 heterocycles. The number of aryl methyl sites for hydroxylation is 2. The van der Waals surface area contributed by atoms with E-state index in [0.717, 1.165) is 60.1 Å². The molecular weight excluding hydrogens is 402 g/mol. The van der Waals surface area contributed by atoms with Crippen LogP contribution < -0.4 is 10.2 Å². The minimum Gasteiger partial charge on any atom is -0.380 e. The summed E-state index contributed by atoms with van der Waals surface area (Å²) in [4.78, 5) is 14.6. The van der Waals surface area contributed by atoms with Gasteiger partial charge in [-0.15, -0.1) is 0 Å². The van der Waals surface area contributed by atoms with E-state index in [-0.39, 0.29) is 0 Å². The highest BCUT2D eigenvalue weighted by molar-refractivity contribution is 5.90. The maximum atomic E-state index is 5.61. The molecule has 0 spiro atoms. The second kappa shape index (κ2) is 9.83. The molecule has 8 nitrogen and oxygen atoms in total. The molecule has 1 unspecified atom stereocenters. The van der Waals surface area contributed by atoms with Gasteiger partial charge in [-0.1, -0.05) is 19.1 Å². The predicted molar refractivity (Wildman–Crippen MR) is 130 cm³/mol. The lowest BCUT2D eigenvalue weighted by Crippen LogP contribution is -2.35. The summed E-state index contributed by atoms with van der Waals surface area (Å²) < 4.78 is 7.60. The van der Waals surface area contributed by atoms with Gasteiger partial charge in [-0.05, 0) is 58.0 Å². The average Bonchev–Trinajstić information content (AvgIpc) is 3.37. The van der Waals surface area contributed by atoms with Crippen LogP contribution >= 0.6 is 0 Å². The van der Waals surface area contributed by atoms with Crippen molar-refractivity contribution in [1.29, 1.82) is 0 Å². The zero-order chi connectivity index (χ0) is 22.7. The second-order valence-electron chi connectivity index (χ2n) is 8.60. The number of benzene rings is 1. The number of hydrogen-bond acceptors (Lipinski definition) is 7. The summed E-state index contributed by atoms with van der Waals surface area (Å²) in [6, 6.07) is 8.75. The molecule has 0 radical (unpaired) electrons. The van der Waals surface area contributed by atoms with Gasteiger partial charge in [-0.3, -0.25) is 4.68 Å². The van der Waals surface area contributed by atoms with Gasteiger partial charge in [0.2, 0.25) is 5.95 Å². The Balaban J connectivity index is 1.80. The minimum atomic E-state index is 0.405. The zero-order valence-corrected chi connectivity index (χ0v) is 19.9. The van der Waals surface area contributed by atoms with Crippen LogP contribution in [0, 0.1) is 6.92 Å². The van der Waals surface area contributed by atoms with Gasteiger partial charge in [-0.25, -0.2) is 4.98 Å². The Hall–Kier alpha value is -2.71. The number of likely N-dealkylation sites (N-methyl/N-ethyl adjacent to an activating group) is 2. The van der Waals surface area contributed by atoms with E-state index in [1.54, 1.807) is 0 Å². The van der Waals surface area contributed by atoms with Gasteiger partial charge in [0.15, 0.2) is 5.82 Å². The molecule has 4 rings (SSSR count). The number of fused-ring (bicyclic) bond motifs is 1. The van der Waals surface area contributed by atoms with Gasteiger partial charge in [0, 0.05) is 31.9 Å². The monoisotopic (exact) mass is 437 g/mol. The van der Waals surface area contributed by atoms with Crippen LogP contribution in [0.1, 0.15) is 31.5 Å². The summed E-state index contributed by atoms with van der Waals surface area (Å²) in [5.74, 6) is 1.53. The van der Waals surface area contributed by atoms with Crippen molar-refractivity contribution in [2.24, 2.45) is 0 Å². The Labute approximate surface area is 190 Å². The van der Waals surface area contributed by atoms with Crippen molar-refractivity contribution in [3.63, 3.8) is 0 Å². The molecule has 2 aromatic heterocycles.